The van der Waals surface area contributed by atoms with E-state index in [2.05, 4.69) is 21.3 Å². The van der Waals surface area contributed by atoms with Crippen molar-refractivity contribution >= 4 is 10.9 Å². The number of para-hydroxylation sites is 1. The number of aromatic amines is 1. The van der Waals surface area contributed by atoms with Crippen molar-refractivity contribution < 1.29 is 0 Å². The molecule has 1 aromatic carbocycles. The number of nitrogens with one attached hydrogen (secondary N) is 1. The third kappa shape index (κ3) is 1.72. The molecule has 2 heterocycles. The van der Waals surface area contributed by atoms with Gasteiger partial charge in [-0.2, -0.15) is 10.4 Å². The molecule has 0 aliphatic heterocycles. The lowest BCUT2D eigenvalue weighted by molar-refractivity contribution is 1.08. The summed E-state index contributed by atoms with van der Waals surface area (Å²) in [6, 6.07) is 12.0. The van der Waals surface area contributed by atoms with Crippen LogP contribution in [0.15, 0.2) is 42.7 Å². The Morgan fingerprint density at radius 1 is 1.17 bits per heavy atom. The van der Waals surface area contributed by atoms with E-state index in [4.69, 9.17) is 5.26 Å². The molecular weight excluding hydrogens is 224 g/mol. The number of fused-ring (bicyclic) bond motifs is 1. The molecule has 0 saturated heterocycles. The van der Waals surface area contributed by atoms with Crippen molar-refractivity contribution in [3.8, 4) is 6.07 Å². The first kappa shape index (κ1) is 10.5. The number of H-pyrrole nitrogens is 1. The number of hydrogen-bond donors (Lipinski definition) is 1. The van der Waals surface area contributed by atoms with E-state index < -0.39 is 0 Å². The van der Waals surface area contributed by atoms with Gasteiger partial charge in [-0.15, -0.1) is 0 Å². The molecule has 3 aromatic rings. The highest BCUT2D eigenvalue weighted by Crippen LogP contribution is 2.21. The second-order valence-corrected chi connectivity index (χ2v) is 4.06. The number of hydrogen-bond acceptors (Lipinski definition) is 3. The SMILES string of the molecule is N#Cc1n[nH]c2c(Cc3ccncc3)cccc12. The van der Waals surface area contributed by atoms with Gasteiger partial charge in [0, 0.05) is 17.8 Å². The highest BCUT2D eigenvalue weighted by Gasteiger charge is 2.08. The van der Waals surface area contributed by atoms with E-state index in [0.717, 1.165) is 22.9 Å². The first-order chi connectivity index (χ1) is 8.88. The van der Waals surface area contributed by atoms with E-state index >= 15 is 0 Å². The Bertz CT molecular complexity index is 722. The first-order valence-corrected chi connectivity index (χ1v) is 5.63. The lowest BCUT2D eigenvalue weighted by Crippen LogP contribution is -1.89. The van der Waals surface area contributed by atoms with E-state index in [-0.39, 0.29) is 0 Å². The molecule has 0 amide bonds. The maximum atomic E-state index is 8.96. The molecule has 1 N–H and O–H groups in total. The second-order valence-electron chi connectivity index (χ2n) is 4.06. The van der Waals surface area contributed by atoms with Crippen LogP contribution in [0.3, 0.4) is 0 Å². The van der Waals surface area contributed by atoms with Crippen LogP contribution in [0.4, 0.5) is 0 Å². The summed E-state index contributed by atoms with van der Waals surface area (Å²) in [6.45, 7) is 0. The molecule has 0 aliphatic carbocycles. The van der Waals surface area contributed by atoms with Crippen LogP contribution >= 0.6 is 0 Å². The van der Waals surface area contributed by atoms with Gasteiger partial charge in [-0.05, 0) is 35.7 Å². The highest BCUT2D eigenvalue weighted by atomic mass is 15.1. The molecule has 3 rings (SSSR count). The fraction of sp³-hybridized carbons (Fsp3) is 0.0714. The molecule has 2 aromatic heterocycles. The Morgan fingerprint density at radius 3 is 2.78 bits per heavy atom. The Hall–Kier alpha value is -2.67. The van der Waals surface area contributed by atoms with Crippen molar-refractivity contribution in [1.29, 1.82) is 5.26 Å². The van der Waals surface area contributed by atoms with Gasteiger partial charge in [-0.3, -0.25) is 10.1 Å². The Morgan fingerprint density at radius 2 is 2.00 bits per heavy atom. The predicted molar refractivity (Wildman–Crippen MR) is 67.9 cm³/mol. The van der Waals surface area contributed by atoms with Crippen molar-refractivity contribution in [2.75, 3.05) is 0 Å². The Kier molecular flexibility index (Phi) is 2.50. The number of nitriles is 1. The van der Waals surface area contributed by atoms with Crippen LogP contribution in [-0.4, -0.2) is 15.2 Å². The largest absolute Gasteiger partial charge is 0.276 e. The van der Waals surface area contributed by atoms with Crippen LogP contribution in [0, 0.1) is 11.3 Å². The molecule has 0 radical (unpaired) electrons. The molecular formula is C14H10N4. The monoisotopic (exact) mass is 234 g/mol. The van der Waals surface area contributed by atoms with Gasteiger partial charge < -0.3 is 0 Å². The maximum Gasteiger partial charge on any atom is 0.170 e. The van der Waals surface area contributed by atoms with Gasteiger partial charge in [-0.1, -0.05) is 12.1 Å². The van der Waals surface area contributed by atoms with Gasteiger partial charge in [-0.25, -0.2) is 0 Å². The van der Waals surface area contributed by atoms with Crippen LogP contribution in [0.2, 0.25) is 0 Å². The smallest absolute Gasteiger partial charge is 0.170 e. The molecule has 0 bridgehead atoms. The predicted octanol–water partition coefficient (Wildman–Crippen LogP) is 2.42. The fourth-order valence-electron chi connectivity index (χ4n) is 2.05. The van der Waals surface area contributed by atoms with Crippen LogP contribution in [0.5, 0.6) is 0 Å². The second kappa shape index (κ2) is 4.30. The lowest BCUT2D eigenvalue weighted by Gasteiger charge is -2.02. The molecule has 4 heteroatoms. The van der Waals surface area contributed by atoms with Crippen molar-refractivity contribution in [1.82, 2.24) is 15.2 Å². The van der Waals surface area contributed by atoms with Crippen LogP contribution in [-0.2, 0) is 6.42 Å². The summed E-state index contributed by atoms with van der Waals surface area (Å²) in [6.07, 6.45) is 4.36. The molecule has 0 unspecified atom stereocenters. The standard InChI is InChI=1S/C14H10N4/c15-9-13-12-3-1-2-11(14(12)18-17-13)8-10-4-6-16-7-5-10/h1-7H,8H2,(H,17,18). The van der Waals surface area contributed by atoms with Crippen LogP contribution in [0.25, 0.3) is 10.9 Å². The number of benzene rings is 1. The minimum atomic E-state index is 0.446. The Balaban J connectivity index is 2.08. The molecule has 0 aliphatic rings. The first-order valence-electron chi connectivity index (χ1n) is 5.63. The number of pyridine rings is 1. The van der Waals surface area contributed by atoms with E-state index in [1.165, 1.54) is 5.56 Å². The summed E-state index contributed by atoms with van der Waals surface area (Å²) in [4.78, 5) is 4.00. The summed E-state index contributed by atoms with van der Waals surface area (Å²) in [5, 5.41) is 16.8. The molecule has 86 valence electrons. The Labute approximate surface area is 104 Å². The third-order valence-corrected chi connectivity index (χ3v) is 2.94. The average molecular weight is 234 g/mol. The minimum absolute atomic E-state index is 0.446. The molecule has 0 saturated carbocycles. The fourth-order valence-corrected chi connectivity index (χ4v) is 2.05. The summed E-state index contributed by atoms with van der Waals surface area (Å²) in [7, 11) is 0. The minimum Gasteiger partial charge on any atom is -0.276 e. The van der Waals surface area contributed by atoms with Gasteiger partial charge in [0.05, 0.1) is 5.52 Å². The van der Waals surface area contributed by atoms with Gasteiger partial charge in [0.1, 0.15) is 6.07 Å². The summed E-state index contributed by atoms with van der Waals surface area (Å²) < 4.78 is 0. The van der Waals surface area contributed by atoms with Crippen molar-refractivity contribution in [3.63, 3.8) is 0 Å². The zero-order valence-corrected chi connectivity index (χ0v) is 9.59. The lowest BCUT2D eigenvalue weighted by atomic mass is 10.0. The number of rotatable bonds is 2. The summed E-state index contributed by atoms with van der Waals surface area (Å²) in [5.41, 5.74) is 3.70. The van der Waals surface area contributed by atoms with Crippen LogP contribution < -0.4 is 0 Å². The highest BCUT2D eigenvalue weighted by molar-refractivity contribution is 5.86. The van der Waals surface area contributed by atoms with Gasteiger partial charge in [0.25, 0.3) is 0 Å². The van der Waals surface area contributed by atoms with Gasteiger partial charge in [0.15, 0.2) is 5.69 Å². The van der Waals surface area contributed by atoms with E-state index in [0.29, 0.717) is 5.69 Å². The topological polar surface area (TPSA) is 65.4 Å². The zero-order chi connectivity index (χ0) is 12.4. The van der Waals surface area contributed by atoms with E-state index in [9.17, 15) is 0 Å². The molecule has 0 fully saturated rings. The summed E-state index contributed by atoms with van der Waals surface area (Å²) in [5.74, 6) is 0. The third-order valence-electron chi connectivity index (χ3n) is 2.94. The number of aromatic nitrogens is 3. The molecule has 0 atom stereocenters. The zero-order valence-electron chi connectivity index (χ0n) is 9.59. The van der Waals surface area contributed by atoms with Crippen molar-refractivity contribution in [3.05, 3.63) is 59.5 Å². The maximum absolute atomic E-state index is 8.96. The molecule has 4 nitrogen and oxygen atoms in total. The van der Waals surface area contributed by atoms with E-state index in [1.54, 1.807) is 12.4 Å². The van der Waals surface area contributed by atoms with Gasteiger partial charge >= 0.3 is 0 Å². The average Bonchev–Trinajstić information content (AvgIpc) is 2.84. The number of nitrogens with zero attached hydrogens (tertiary/aromatic N) is 3. The molecule has 18 heavy (non-hydrogen) atoms. The van der Waals surface area contributed by atoms with E-state index in [1.807, 2.05) is 30.3 Å². The van der Waals surface area contributed by atoms with Crippen molar-refractivity contribution in [2.45, 2.75) is 6.42 Å². The summed E-state index contributed by atoms with van der Waals surface area (Å²) >= 11 is 0. The van der Waals surface area contributed by atoms with Crippen LogP contribution in [0.1, 0.15) is 16.8 Å². The van der Waals surface area contributed by atoms with Crippen molar-refractivity contribution in [2.24, 2.45) is 0 Å². The normalized spacial score (nSPS) is 10.4. The van der Waals surface area contributed by atoms with Gasteiger partial charge in [0.2, 0.25) is 0 Å². The molecule has 0 spiro atoms. The quantitative estimate of drug-likeness (QED) is 0.740.